The van der Waals surface area contributed by atoms with E-state index in [0.717, 1.165) is 11.0 Å². The zero-order valence-electron chi connectivity index (χ0n) is 6.53. The van der Waals surface area contributed by atoms with Crippen molar-refractivity contribution in [2.75, 3.05) is 5.73 Å². The average molecular weight is 180 g/mol. The van der Waals surface area contributed by atoms with Crippen molar-refractivity contribution < 1.29 is 0 Å². The third-order valence-corrected chi connectivity index (χ3v) is 2.04. The van der Waals surface area contributed by atoms with E-state index in [4.69, 9.17) is 18.0 Å². The minimum absolute atomic E-state index is 0.566. The minimum atomic E-state index is 0.566. The van der Waals surface area contributed by atoms with Gasteiger partial charge in [0.1, 0.15) is 16.0 Å². The van der Waals surface area contributed by atoms with Crippen LogP contribution in [-0.4, -0.2) is 14.5 Å². The molecular weight excluding hydrogens is 172 g/mol. The summed E-state index contributed by atoms with van der Waals surface area (Å²) in [5, 5.41) is 0. The van der Waals surface area contributed by atoms with Crippen LogP contribution >= 0.6 is 12.2 Å². The Kier molecular flexibility index (Phi) is 1.41. The zero-order chi connectivity index (χ0) is 8.72. The molecule has 0 saturated carbocycles. The van der Waals surface area contributed by atoms with E-state index in [-0.39, 0.29) is 0 Å². The predicted octanol–water partition coefficient (Wildman–Crippen LogP) is 1.21. The van der Waals surface area contributed by atoms with Crippen molar-refractivity contribution in [3.8, 4) is 0 Å². The van der Waals surface area contributed by atoms with E-state index < -0.39 is 0 Å². The number of aryl methyl sites for hydroxylation is 1. The molecule has 0 saturated heterocycles. The van der Waals surface area contributed by atoms with Crippen LogP contribution in [0.4, 0.5) is 5.82 Å². The van der Waals surface area contributed by atoms with Gasteiger partial charge < -0.3 is 15.3 Å². The zero-order valence-corrected chi connectivity index (χ0v) is 7.35. The number of anilines is 1. The maximum absolute atomic E-state index is 5.59. The lowest BCUT2D eigenvalue weighted by Crippen LogP contribution is -1.92. The molecule has 5 heteroatoms. The molecule has 2 rings (SSSR count). The van der Waals surface area contributed by atoms with Crippen LogP contribution in [0.25, 0.3) is 11.0 Å². The van der Waals surface area contributed by atoms with Crippen LogP contribution < -0.4 is 5.73 Å². The summed E-state index contributed by atoms with van der Waals surface area (Å²) < 4.78 is 2.47. The minimum Gasteiger partial charge on any atom is -0.385 e. The van der Waals surface area contributed by atoms with E-state index in [1.54, 1.807) is 6.33 Å². The topological polar surface area (TPSA) is 59.6 Å². The number of rotatable bonds is 0. The second kappa shape index (κ2) is 2.31. The fraction of sp³-hybridized carbons (Fsp3) is 0.143. The highest BCUT2D eigenvalue weighted by molar-refractivity contribution is 7.71. The standard InChI is InChI=1S/C7H8N4S/c1-11-3-9-6-4(11)2-5(8)10-7(6)12/h2-3H,1H3,(H3,8,10,12). The summed E-state index contributed by atoms with van der Waals surface area (Å²) in [5.74, 6) is 0.566. The molecule has 2 heterocycles. The van der Waals surface area contributed by atoms with Gasteiger partial charge in [0.15, 0.2) is 0 Å². The van der Waals surface area contributed by atoms with Gasteiger partial charge in [0.25, 0.3) is 0 Å². The number of aromatic nitrogens is 3. The molecule has 4 nitrogen and oxygen atoms in total. The Morgan fingerprint density at radius 3 is 3.17 bits per heavy atom. The van der Waals surface area contributed by atoms with Gasteiger partial charge in [0.2, 0.25) is 0 Å². The molecule has 3 N–H and O–H groups in total. The number of nitrogens with zero attached hydrogens (tertiary/aromatic N) is 2. The first-order valence-corrected chi connectivity index (χ1v) is 3.89. The van der Waals surface area contributed by atoms with Crippen LogP contribution in [0, 0.1) is 4.64 Å². The molecule has 2 aromatic rings. The van der Waals surface area contributed by atoms with Crippen LogP contribution in [0.1, 0.15) is 0 Å². The van der Waals surface area contributed by atoms with Crippen molar-refractivity contribution in [1.82, 2.24) is 14.5 Å². The van der Waals surface area contributed by atoms with E-state index >= 15 is 0 Å². The monoisotopic (exact) mass is 180 g/mol. The van der Waals surface area contributed by atoms with Crippen LogP contribution in [-0.2, 0) is 7.05 Å². The lowest BCUT2D eigenvalue weighted by molar-refractivity contribution is 0.947. The number of imidazole rings is 1. The Morgan fingerprint density at radius 2 is 2.42 bits per heavy atom. The van der Waals surface area contributed by atoms with Crippen LogP contribution in [0.3, 0.4) is 0 Å². The average Bonchev–Trinajstić information content (AvgIpc) is 2.33. The van der Waals surface area contributed by atoms with E-state index in [1.165, 1.54) is 0 Å². The number of fused-ring (bicyclic) bond motifs is 1. The molecule has 0 radical (unpaired) electrons. The molecule has 0 aliphatic carbocycles. The first kappa shape index (κ1) is 7.30. The van der Waals surface area contributed by atoms with Crippen molar-refractivity contribution in [3.63, 3.8) is 0 Å². The van der Waals surface area contributed by atoms with Gasteiger partial charge in [-0.05, 0) is 0 Å². The molecule has 0 aromatic carbocycles. The van der Waals surface area contributed by atoms with Crippen molar-refractivity contribution in [3.05, 3.63) is 17.0 Å². The molecular formula is C7H8N4S. The maximum atomic E-state index is 5.59. The Hall–Kier alpha value is -1.36. The fourth-order valence-corrected chi connectivity index (χ4v) is 1.43. The van der Waals surface area contributed by atoms with E-state index in [0.29, 0.717) is 10.5 Å². The quantitative estimate of drug-likeness (QED) is 0.599. The lowest BCUT2D eigenvalue weighted by Gasteiger charge is -1.96. The Balaban J connectivity index is 3.03. The molecule has 0 bridgehead atoms. The van der Waals surface area contributed by atoms with E-state index in [2.05, 4.69) is 9.97 Å². The maximum Gasteiger partial charge on any atom is 0.133 e. The smallest absolute Gasteiger partial charge is 0.133 e. The van der Waals surface area contributed by atoms with Crippen LogP contribution in [0.5, 0.6) is 0 Å². The highest BCUT2D eigenvalue weighted by Gasteiger charge is 2.01. The molecule has 0 spiro atoms. The predicted molar refractivity (Wildman–Crippen MR) is 50.3 cm³/mol. The molecule has 62 valence electrons. The van der Waals surface area contributed by atoms with Crippen molar-refractivity contribution in [1.29, 1.82) is 0 Å². The van der Waals surface area contributed by atoms with Gasteiger partial charge in [-0.3, -0.25) is 0 Å². The number of nitrogen functional groups attached to an aromatic ring is 1. The van der Waals surface area contributed by atoms with Crippen molar-refractivity contribution in [2.24, 2.45) is 7.05 Å². The van der Waals surface area contributed by atoms with Gasteiger partial charge in [0.05, 0.1) is 11.8 Å². The number of nitrogens with two attached hydrogens (primary N) is 1. The molecule has 0 unspecified atom stereocenters. The summed E-state index contributed by atoms with van der Waals surface area (Å²) in [6, 6.07) is 1.82. The largest absolute Gasteiger partial charge is 0.385 e. The summed E-state index contributed by atoms with van der Waals surface area (Å²) in [7, 11) is 1.91. The highest BCUT2D eigenvalue weighted by atomic mass is 32.1. The van der Waals surface area contributed by atoms with E-state index in [9.17, 15) is 0 Å². The van der Waals surface area contributed by atoms with Gasteiger partial charge in [-0.25, -0.2) is 4.98 Å². The van der Waals surface area contributed by atoms with Gasteiger partial charge in [-0.15, -0.1) is 0 Å². The summed E-state index contributed by atoms with van der Waals surface area (Å²) in [6.45, 7) is 0. The summed E-state index contributed by atoms with van der Waals surface area (Å²) in [5.41, 5.74) is 7.34. The number of aromatic amines is 1. The Morgan fingerprint density at radius 1 is 1.67 bits per heavy atom. The van der Waals surface area contributed by atoms with Gasteiger partial charge in [-0.2, -0.15) is 0 Å². The number of H-pyrrole nitrogens is 1. The van der Waals surface area contributed by atoms with Crippen LogP contribution in [0.2, 0.25) is 0 Å². The van der Waals surface area contributed by atoms with Gasteiger partial charge in [-0.1, -0.05) is 12.2 Å². The first-order chi connectivity index (χ1) is 5.68. The number of pyridine rings is 1. The van der Waals surface area contributed by atoms with Gasteiger partial charge >= 0.3 is 0 Å². The Labute approximate surface area is 74.0 Å². The van der Waals surface area contributed by atoms with E-state index in [1.807, 2.05) is 17.7 Å². The first-order valence-electron chi connectivity index (χ1n) is 3.48. The molecule has 12 heavy (non-hydrogen) atoms. The summed E-state index contributed by atoms with van der Waals surface area (Å²) >= 11 is 5.04. The summed E-state index contributed by atoms with van der Waals surface area (Å²) in [4.78, 5) is 6.97. The highest BCUT2D eigenvalue weighted by Crippen LogP contribution is 2.13. The third-order valence-electron chi connectivity index (χ3n) is 1.75. The van der Waals surface area contributed by atoms with Gasteiger partial charge in [0, 0.05) is 13.1 Å². The summed E-state index contributed by atoms with van der Waals surface area (Å²) in [6.07, 6.45) is 1.72. The van der Waals surface area contributed by atoms with Crippen LogP contribution in [0.15, 0.2) is 12.4 Å². The normalized spacial score (nSPS) is 10.8. The molecule has 0 aliphatic rings. The van der Waals surface area contributed by atoms with Crippen molar-refractivity contribution >= 4 is 29.1 Å². The molecule has 0 atom stereocenters. The SMILES string of the molecule is Cn1cnc2c(=S)[nH]c(N)cc21. The molecule has 2 aromatic heterocycles. The lowest BCUT2D eigenvalue weighted by atomic mass is 10.4. The second-order valence-electron chi connectivity index (χ2n) is 2.64. The molecule has 0 aliphatic heterocycles. The number of hydrogen-bond donors (Lipinski definition) is 2. The Bertz CT molecular complexity index is 482. The fourth-order valence-electron chi connectivity index (χ4n) is 1.16. The number of hydrogen-bond acceptors (Lipinski definition) is 3. The number of nitrogens with one attached hydrogen (secondary N) is 1. The molecule has 0 fully saturated rings. The third kappa shape index (κ3) is 0.902. The second-order valence-corrected chi connectivity index (χ2v) is 3.05. The van der Waals surface area contributed by atoms with Crippen molar-refractivity contribution in [2.45, 2.75) is 0 Å². The molecule has 0 amide bonds.